The third-order valence-corrected chi connectivity index (χ3v) is 3.46. The topological polar surface area (TPSA) is 47.6 Å². The van der Waals surface area contributed by atoms with Gasteiger partial charge in [-0.2, -0.15) is 0 Å². The average Bonchev–Trinajstić information content (AvgIpc) is 2.55. The first-order chi connectivity index (χ1) is 10.7. The SMILES string of the molecule is CCc1ccc(NC(=O)c2ccc(OC)c(COC)c2)cc1. The molecule has 0 heterocycles. The van der Waals surface area contributed by atoms with E-state index >= 15 is 0 Å². The Hall–Kier alpha value is -2.33. The van der Waals surface area contributed by atoms with Crippen LogP contribution < -0.4 is 10.1 Å². The highest BCUT2D eigenvalue weighted by Gasteiger charge is 2.10. The minimum Gasteiger partial charge on any atom is -0.496 e. The first-order valence-corrected chi connectivity index (χ1v) is 7.24. The molecule has 0 aliphatic carbocycles. The summed E-state index contributed by atoms with van der Waals surface area (Å²) in [4.78, 5) is 12.3. The molecule has 0 aliphatic rings. The average molecular weight is 299 g/mol. The maximum absolute atomic E-state index is 12.3. The summed E-state index contributed by atoms with van der Waals surface area (Å²) in [6.45, 7) is 2.50. The predicted molar refractivity (Wildman–Crippen MR) is 87.5 cm³/mol. The fourth-order valence-electron chi connectivity index (χ4n) is 2.22. The van der Waals surface area contributed by atoms with Crippen molar-refractivity contribution in [2.75, 3.05) is 19.5 Å². The molecule has 0 bridgehead atoms. The van der Waals surface area contributed by atoms with Crippen LogP contribution in [0.4, 0.5) is 5.69 Å². The third kappa shape index (κ3) is 3.86. The Balaban J connectivity index is 2.15. The number of ether oxygens (including phenoxy) is 2. The van der Waals surface area contributed by atoms with Gasteiger partial charge in [0.2, 0.25) is 0 Å². The number of carbonyl (C=O) groups excluding carboxylic acids is 1. The van der Waals surface area contributed by atoms with Crippen LogP contribution in [-0.2, 0) is 17.8 Å². The number of rotatable bonds is 6. The largest absolute Gasteiger partial charge is 0.496 e. The Kier molecular flexibility index (Phi) is 5.55. The van der Waals surface area contributed by atoms with Crippen LogP contribution in [-0.4, -0.2) is 20.1 Å². The summed E-state index contributed by atoms with van der Waals surface area (Å²) in [5, 5.41) is 2.90. The van der Waals surface area contributed by atoms with E-state index in [4.69, 9.17) is 9.47 Å². The second-order valence-corrected chi connectivity index (χ2v) is 4.96. The van der Waals surface area contributed by atoms with Gasteiger partial charge in [-0.15, -0.1) is 0 Å². The van der Waals surface area contributed by atoms with E-state index in [1.807, 2.05) is 24.3 Å². The van der Waals surface area contributed by atoms with E-state index in [2.05, 4.69) is 12.2 Å². The van der Waals surface area contributed by atoms with E-state index in [1.165, 1.54) is 5.56 Å². The predicted octanol–water partition coefficient (Wildman–Crippen LogP) is 3.66. The van der Waals surface area contributed by atoms with Crippen LogP contribution in [0.3, 0.4) is 0 Å². The standard InChI is InChI=1S/C18H21NO3/c1-4-13-5-8-16(9-6-13)19-18(20)14-7-10-17(22-3)15(11-14)12-21-2/h5-11H,4,12H2,1-3H3,(H,19,20). The monoisotopic (exact) mass is 299 g/mol. The molecule has 2 rings (SSSR count). The molecule has 2 aromatic carbocycles. The first-order valence-electron chi connectivity index (χ1n) is 7.24. The fourth-order valence-corrected chi connectivity index (χ4v) is 2.22. The van der Waals surface area contributed by atoms with Crippen molar-refractivity contribution in [3.05, 3.63) is 59.2 Å². The molecule has 0 fully saturated rings. The van der Waals surface area contributed by atoms with E-state index in [-0.39, 0.29) is 5.91 Å². The minimum absolute atomic E-state index is 0.149. The Morgan fingerprint density at radius 2 is 1.82 bits per heavy atom. The number of amides is 1. The van der Waals surface area contributed by atoms with Gasteiger partial charge in [0.05, 0.1) is 13.7 Å². The van der Waals surface area contributed by atoms with Crippen LogP contribution in [0.5, 0.6) is 5.75 Å². The molecule has 1 amide bonds. The number of hydrogen-bond donors (Lipinski definition) is 1. The molecule has 0 aromatic heterocycles. The molecule has 0 aliphatic heterocycles. The molecule has 22 heavy (non-hydrogen) atoms. The summed E-state index contributed by atoms with van der Waals surface area (Å²) >= 11 is 0. The number of methoxy groups -OCH3 is 2. The lowest BCUT2D eigenvalue weighted by molar-refractivity contribution is 0.102. The summed E-state index contributed by atoms with van der Waals surface area (Å²) in [5.74, 6) is 0.565. The highest BCUT2D eigenvalue weighted by atomic mass is 16.5. The van der Waals surface area contributed by atoms with E-state index < -0.39 is 0 Å². The Morgan fingerprint density at radius 3 is 2.41 bits per heavy atom. The molecule has 0 radical (unpaired) electrons. The van der Waals surface area contributed by atoms with Crippen LogP contribution in [0.25, 0.3) is 0 Å². The van der Waals surface area contributed by atoms with E-state index in [1.54, 1.807) is 32.4 Å². The van der Waals surface area contributed by atoms with Gasteiger partial charge in [0, 0.05) is 23.9 Å². The molecule has 4 heteroatoms. The summed E-state index contributed by atoms with van der Waals surface area (Å²) < 4.78 is 10.4. The lowest BCUT2D eigenvalue weighted by Crippen LogP contribution is -2.12. The molecular weight excluding hydrogens is 278 g/mol. The third-order valence-electron chi connectivity index (χ3n) is 3.46. The zero-order chi connectivity index (χ0) is 15.9. The molecule has 1 N–H and O–H groups in total. The zero-order valence-corrected chi connectivity index (χ0v) is 13.2. The Morgan fingerprint density at radius 1 is 1.09 bits per heavy atom. The summed E-state index contributed by atoms with van der Waals surface area (Å²) in [5.41, 5.74) is 3.45. The summed E-state index contributed by atoms with van der Waals surface area (Å²) in [7, 11) is 3.21. The van der Waals surface area contributed by atoms with Crippen molar-refractivity contribution < 1.29 is 14.3 Å². The normalized spacial score (nSPS) is 10.3. The molecule has 0 unspecified atom stereocenters. The zero-order valence-electron chi connectivity index (χ0n) is 13.2. The molecule has 0 saturated carbocycles. The van der Waals surface area contributed by atoms with Gasteiger partial charge in [-0.25, -0.2) is 0 Å². The molecule has 4 nitrogen and oxygen atoms in total. The maximum atomic E-state index is 12.3. The minimum atomic E-state index is -0.149. The Labute approximate surface area is 131 Å². The van der Waals surface area contributed by atoms with Crippen molar-refractivity contribution >= 4 is 11.6 Å². The van der Waals surface area contributed by atoms with Crippen molar-refractivity contribution in [2.45, 2.75) is 20.0 Å². The number of hydrogen-bond acceptors (Lipinski definition) is 3. The summed E-state index contributed by atoms with van der Waals surface area (Å²) in [6.07, 6.45) is 0.979. The number of nitrogens with one attached hydrogen (secondary N) is 1. The van der Waals surface area contributed by atoms with E-state index in [9.17, 15) is 4.79 Å². The van der Waals surface area contributed by atoms with Crippen molar-refractivity contribution in [3.63, 3.8) is 0 Å². The molecule has 2 aromatic rings. The van der Waals surface area contributed by atoms with Crippen molar-refractivity contribution in [1.82, 2.24) is 0 Å². The van der Waals surface area contributed by atoms with Gasteiger partial charge >= 0.3 is 0 Å². The fraction of sp³-hybridized carbons (Fsp3) is 0.278. The van der Waals surface area contributed by atoms with Crippen molar-refractivity contribution in [2.24, 2.45) is 0 Å². The second-order valence-electron chi connectivity index (χ2n) is 4.96. The lowest BCUT2D eigenvalue weighted by atomic mass is 10.1. The molecular formula is C18H21NO3. The molecule has 0 spiro atoms. The molecule has 0 saturated heterocycles. The number of anilines is 1. The lowest BCUT2D eigenvalue weighted by Gasteiger charge is -2.11. The number of carbonyl (C=O) groups is 1. The van der Waals surface area contributed by atoms with Crippen LogP contribution in [0.2, 0.25) is 0 Å². The van der Waals surface area contributed by atoms with Gasteiger partial charge in [-0.1, -0.05) is 19.1 Å². The quantitative estimate of drug-likeness (QED) is 0.885. The Bertz CT molecular complexity index is 635. The van der Waals surface area contributed by atoms with Gasteiger partial charge in [0.15, 0.2) is 0 Å². The van der Waals surface area contributed by atoms with Crippen LogP contribution >= 0.6 is 0 Å². The van der Waals surface area contributed by atoms with E-state index in [0.29, 0.717) is 17.9 Å². The highest BCUT2D eigenvalue weighted by molar-refractivity contribution is 6.04. The van der Waals surface area contributed by atoms with Gasteiger partial charge in [0.25, 0.3) is 5.91 Å². The van der Waals surface area contributed by atoms with E-state index in [0.717, 1.165) is 17.7 Å². The maximum Gasteiger partial charge on any atom is 0.255 e. The smallest absolute Gasteiger partial charge is 0.255 e. The number of aryl methyl sites for hydroxylation is 1. The van der Waals surface area contributed by atoms with Crippen LogP contribution in [0, 0.1) is 0 Å². The van der Waals surface area contributed by atoms with Crippen LogP contribution in [0.1, 0.15) is 28.4 Å². The van der Waals surface area contributed by atoms with Gasteiger partial charge < -0.3 is 14.8 Å². The molecule has 0 atom stereocenters. The van der Waals surface area contributed by atoms with Crippen LogP contribution in [0.15, 0.2) is 42.5 Å². The van der Waals surface area contributed by atoms with Crippen molar-refractivity contribution in [1.29, 1.82) is 0 Å². The highest BCUT2D eigenvalue weighted by Crippen LogP contribution is 2.21. The van der Waals surface area contributed by atoms with Gasteiger partial charge in [-0.05, 0) is 42.3 Å². The first kappa shape index (κ1) is 16.0. The second kappa shape index (κ2) is 7.61. The molecule has 116 valence electrons. The number of benzene rings is 2. The summed E-state index contributed by atoms with van der Waals surface area (Å²) in [6, 6.07) is 13.2. The van der Waals surface area contributed by atoms with Gasteiger partial charge in [-0.3, -0.25) is 4.79 Å². The van der Waals surface area contributed by atoms with Crippen molar-refractivity contribution in [3.8, 4) is 5.75 Å². The van der Waals surface area contributed by atoms with Gasteiger partial charge in [0.1, 0.15) is 5.75 Å².